The van der Waals surface area contributed by atoms with E-state index in [0.29, 0.717) is 22.3 Å². The Labute approximate surface area is 114 Å². The Hall–Kier alpha value is -1.59. The number of amides is 1. The van der Waals surface area contributed by atoms with Crippen LogP contribution in [0.4, 0.5) is 5.69 Å². The molecule has 0 aliphatic rings. The third kappa shape index (κ3) is 3.00. The molecule has 0 radical (unpaired) electrons. The molecule has 18 heavy (non-hydrogen) atoms. The van der Waals surface area contributed by atoms with E-state index in [1.54, 1.807) is 24.1 Å². The molecule has 0 fully saturated rings. The molecule has 0 atom stereocenters. The smallest absolute Gasteiger partial charge is 0.272 e. The predicted octanol–water partition coefficient (Wildman–Crippen LogP) is 2.65. The van der Waals surface area contributed by atoms with Crippen molar-refractivity contribution in [3.63, 3.8) is 0 Å². The van der Waals surface area contributed by atoms with E-state index >= 15 is 0 Å². The molecule has 0 unspecified atom stereocenters. The Kier molecular flexibility index (Phi) is 3.84. The maximum absolute atomic E-state index is 12.1. The second kappa shape index (κ2) is 5.37. The molecule has 0 aliphatic heterocycles. The normalized spacial score (nSPS) is 10.3. The summed E-state index contributed by atoms with van der Waals surface area (Å²) in [4.78, 5) is 18.7. The number of nitrogens with zero attached hydrogens (tertiary/aromatic N) is 2. The topological polar surface area (TPSA) is 59.2 Å². The summed E-state index contributed by atoms with van der Waals surface area (Å²) in [5.41, 5.74) is 6.50. The molecule has 2 aromatic heterocycles. The largest absolute Gasteiger partial charge is 0.399 e. The monoisotopic (exact) mass is 281 g/mol. The number of nitrogens with two attached hydrogens (primary N) is 1. The first kappa shape index (κ1) is 12.9. The van der Waals surface area contributed by atoms with Crippen LogP contribution in [-0.2, 0) is 6.54 Å². The van der Waals surface area contributed by atoms with Crippen molar-refractivity contribution in [3.8, 4) is 0 Å². The van der Waals surface area contributed by atoms with Crippen molar-refractivity contribution in [1.82, 2.24) is 9.88 Å². The van der Waals surface area contributed by atoms with E-state index in [4.69, 9.17) is 17.3 Å². The molecule has 94 valence electrons. The van der Waals surface area contributed by atoms with Gasteiger partial charge >= 0.3 is 0 Å². The van der Waals surface area contributed by atoms with Crippen LogP contribution in [0.5, 0.6) is 0 Å². The zero-order valence-electron chi connectivity index (χ0n) is 9.76. The number of thiophene rings is 1. The molecule has 2 N–H and O–H groups in total. The zero-order chi connectivity index (χ0) is 13.1. The number of halogens is 1. The van der Waals surface area contributed by atoms with Gasteiger partial charge in [0.15, 0.2) is 0 Å². The highest BCUT2D eigenvalue weighted by molar-refractivity contribution is 7.16. The Morgan fingerprint density at radius 2 is 2.28 bits per heavy atom. The summed E-state index contributed by atoms with van der Waals surface area (Å²) in [6, 6.07) is 6.94. The molecule has 2 rings (SSSR count). The molecule has 0 saturated carbocycles. The molecule has 0 bridgehead atoms. The van der Waals surface area contributed by atoms with Crippen LogP contribution in [0.2, 0.25) is 4.34 Å². The molecule has 0 aliphatic carbocycles. The maximum atomic E-state index is 12.1. The van der Waals surface area contributed by atoms with E-state index in [1.807, 2.05) is 12.1 Å². The number of anilines is 1. The van der Waals surface area contributed by atoms with Gasteiger partial charge in [0.05, 0.1) is 10.9 Å². The Morgan fingerprint density at radius 3 is 2.89 bits per heavy atom. The van der Waals surface area contributed by atoms with Gasteiger partial charge in [-0.1, -0.05) is 11.6 Å². The second-order valence-electron chi connectivity index (χ2n) is 3.84. The fraction of sp³-hybridized carbons (Fsp3) is 0.167. The van der Waals surface area contributed by atoms with Crippen molar-refractivity contribution in [2.45, 2.75) is 6.54 Å². The van der Waals surface area contributed by atoms with Crippen molar-refractivity contribution < 1.29 is 4.79 Å². The van der Waals surface area contributed by atoms with Crippen LogP contribution in [0, 0.1) is 0 Å². The molecule has 2 aromatic rings. The van der Waals surface area contributed by atoms with Crippen LogP contribution < -0.4 is 5.73 Å². The van der Waals surface area contributed by atoms with Crippen molar-refractivity contribution in [1.29, 1.82) is 0 Å². The number of hydrogen-bond acceptors (Lipinski definition) is 4. The van der Waals surface area contributed by atoms with E-state index in [-0.39, 0.29) is 5.91 Å². The Morgan fingerprint density at radius 1 is 1.50 bits per heavy atom. The van der Waals surface area contributed by atoms with Gasteiger partial charge in [0.25, 0.3) is 5.91 Å². The third-order valence-corrected chi connectivity index (χ3v) is 3.59. The summed E-state index contributed by atoms with van der Waals surface area (Å²) >= 11 is 7.31. The van der Waals surface area contributed by atoms with Crippen LogP contribution in [0.25, 0.3) is 0 Å². The first-order valence-electron chi connectivity index (χ1n) is 5.27. The van der Waals surface area contributed by atoms with Crippen molar-refractivity contribution in [2.24, 2.45) is 0 Å². The van der Waals surface area contributed by atoms with Gasteiger partial charge in [-0.25, -0.2) is 0 Å². The molecular formula is C12H12ClN3OS. The molecule has 0 saturated heterocycles. The number of carbonyl (C=O) groups is 1. The second-order valence-corrected chi connectivity index (χ2v) is 5.64. The Balaban J connectivity index is 2.09. The maximum Gasteiger partial charge on any atom is 0.272 e. The highest BCUT2D eigenvalue weighted by Crippen LogP contribution is 2.22. The van der Waals surface area contributed by atoms with Gasteiger partial charge in [0.2, 0.25) is 0 Å². The first-order valence-corrected chi connectivity index (χ1v) is 6.47. The summed E-state index contributed by atoms with van der Waals surface area (Å²) in [7, 11) is 1.72. The number of pyridine rings is 1. The van der Waals surface area contributed by atoms with E-state index in [9.17, 15) is 4.79 Å². The van der Waals surface area contributed by atoms with Crippen molar-refractivity contribution in [3.05, 3.63) is 45.4 Å². The van der Waals surface area contributed by atoms with Crippen molar-refractivity contribution in [2.75, 3.05) is 12.8 Å². The van der Waals surface area contributed by atoms with Gasteiger partial charge in [-0.2, -0.15) is 0 Å². The molecule has 0 aromatic carbocycles. The lowest BCUT2D eigenvalue weighted by molar-refractivity contribution is 0.0780. The number of nitrogen functional groups attached to an aromatic ring is 1. The van der Waals surface area contributed by atoms with E-state index < -0.39 is 0 Å². The average molecular weight is 282 g/mol. The fourth-order valence-corrected chi connectivity index (χ4v) is 2.64. The molecular weight excluding hydrogens is 270 g/mol. The van der Waals surface area contributed by atoms with Crippen LogP contribution in [0.15, 0.2) is 30.5 Å². The van der Waals surface area contributed by atoms with Gasteiger partial charge in [0, 0.05) is 23.8 Å². The fourth-order valence-electron chi connectivity index (χ4n) is 1.50. The number of carbonyl (C=O) groups excluding carboxylic acids is 1. The molecule has 0 spiro atoms. The third-order valence-electron chi connectivity index (χ3n) is 2.37. The van der Waals surface area contributed by atoms with Crippen LogP contribution in [-0.4, -0.2) is 22.8 Å². The SMILES string of the molecule is CN(Cc1ccc(Cl)s1)C(=O)c1cc(N)ccn1. The number of rotatable bonds is 3. The summed E-state index contributed by atoms with van der Waals surface area (Å²) in [5, 5.41) is 0. The lowest BCUT2D eigenvalue weighted by atomic mass is 10.3. The first-order chi connectivity index (χ1) is 8.56. The molecule has 4 nitrogen and oxygen atoms in total. The van der Waals surface area contributed by atoms with Crippen LogP contribution in [0.1, 0.15) is 15.4 Å². The minimum absolute atomic E-state index is 0.160. The Bertz CT molecular complexity index is 570. The minimum Gasteiger partial charge on any atom is -0.399 e. The highest BCUT2D eigenvalue weighted by Gasteiger charge is 2.14. The summed E-state index contributed by atoms with van der Waals surface area (Å²) in [5.74, 6) is -0.160. The van der Waals surface area contributed by atoms with E-state index in [0.717, 1.165) is 4.88 Å². The van der Waals surface area contributed by atoms with Gasteiger partial charge in [0.1, 0.15) is 5.69 Å². The number of aromatic nitrogens is 1. The molecule has 1 amide bonds. The minimum atomic E-state index is -0.160. The van der Waals surface area contributed by atoms with Gasteiger partial charge in [-0.3, -0.25) is 9.78 Å². The summed E-state index contributed by atoms with van der Waals surface area (Å²) < 4.78 is 0.716. The summed E-state index contributed by atoms with van der Waals surface area (Å²) in [6.45, 7) is 0.507. The van der Waals surface area contributed by atoms with Gasteiger partial charge < -0.3 is 10.6 Å². The van der Waals surface area contributed by atoms with Gasteiger partial charge in [-0.05, 0) is 24.3 Å². The average Bonchev–Trinajstić information content (AvgIpc) is 2.73. The van der Waals surface area contributed by atoms with Crippen molar-refractivity contribution >= 4 is 34.5 Å². The molecule has 2 heterocycles. The lowest BCUT2D eigenvalue weighted by Gasteiger charge is -2.15. The summed E-state index contributed by atoms with van der Waals surface area (Å²) in [6.07, 6.45) is 1.53. The number of hydrogen-bond donors (Lipinski definition) is 1. The predicted molar refractivity (Wildman–Crippen MR) is 73.8 cm³/mol. The van der Waals surface area contributed by atoms with E-state index in [1.165, 1.54) is 17.5 Å². The standard InChI is InChI=1S/C12H12ClN3OS/c1-16(7-9-2-3-11(13)18-9)12(17)10-6-8(14)4-5-15-10/h2-6H,7H2,1H3,(H2,14,15). The zero-order valence-corrected chi connectivity index (χ0v) is 11.3. The quantitative estimate of drug-likeness (QED) is 0.941. The van der Waals surface area contributed by atoms with Crippen LogP contribution >= 0.6 is 22.9 Å². The van der Waals surface area contributed by atoms with Crippen LogP contribution in [0.3, 0.4) is 0 Å². The van der Waals surface area contributed by atoms with Gasteiger partial charge in [-0.15, -0.1) is 11.3 Å². The lowest BCUT2D eigenvalue weighted by Crippen LogP contribution is -2.26. The molecule has 6 heteroatoms. The highest BCUT2D eigenvalue weighted by atomic mass is 35.5. The van der Waals surface area contributed by atoms with E-state index in [2.05, 4.69) is 4.98 Å².